The van der Waals surface area contributed by atoms with Crippen LogP contribution in [0, 0.1) is 18.8 Å². The second-order valence-corrected chi connectivity index (χ2v) is 9.21. The van der Waals surface area contributed by atoms with Crippen LogP contribution in [-0.4, -0.2) is 40.8 Å². The summed E-state index contributed by atoms with van der Waals surface area (Å²) in [5.74, 6) is 1.82. The first-order valence-corrected chi connectivity index (χ1v) is 12.5. The molecular formula is C29H30N4O4. The molecule has 8 nitrogen and oxygen atoms in total. The second-order valence-electron chi connectivity index (χ2n) is 9.21. The summed E-state index contributed by atoms with van der Waals surface area (Å²) in [7, 11) is 0. The molecule has 0 N–H and O–H groups in total. The van der Waals surface area contributed by atoms with Crippen LogP contribution < -0.4 is 9.64 Å². The predicted molar refractivity (Wildman–Crippen MR) is 139 cm³/mol. The lowest BCUT2D eigenvalue weighted by Gasteiger charge is -2.17. The van der Waals surface area contributed by atoms with Crippen LogP contribution in [0.3, 0.4) is 0 Å². The fourth-order valence-corrected chi connectivity index (χ4v) is 4.65. The maximum atomic E-state index is 12.7. The van der Waals surface area contributed by atoms with Gasteiger partial charge in [0.15, 0.2) is 5.76 Å². The fraction of sp³-hybridized carbons (Fsp3) is 0.310. The van der Waals surface area contributed by atoms with Gasteiger partial charge >= 0.3 is 5.97 Å². The number of ether oxygens (including phenoxy) is 2. The van der Waals surface area contributed by atoms with Crippen molar-refractivity contribution < 1.29 is 18.8 Å². The molecule has 0 unspecified atom stereocenters. The molecule has 3 heterocycles. The summed E-state index contributed by atoms with van der Waals surface area (Å²) in [5.41, 5.74) is 3.74. The molecule has 0 amide bonds. The minimum atomic E-state index is -0.231. The van der Waals surface area contributed by atoms with E-state index in [2.05, 4.69) is 20.0 Å². The smallest absolute Gasteiger partial charge is 0.311 e. The minimum Gasteiger partial charge on any atom is -0.487 e. The summed E-state index contributed by atoms with van der Waals surface area (Å²) < 4.78 is 16.8. The van der Waals surface area contributed by atoms with Crippen LogP contribution in [0.4, 0.5) is 5.95 Å². The molecule has 37 heavy (non-hydrogen) atoms. The van der Waals surface area contributed by atoms with E-state index < -0.39 is 0 Å². The third-order valence-electron chi connectivity index (χ3n) is 6.52. The van der Waals surface area contributed by atoms with Gasteiger partial charge in [-0.15, -0.1) is 0 Å². The van der Waals surface area contributed by atoms with Crippen molar-refractivity contribution in [3.8, 4) is 17.1 Å². The normalized spacial score (nSPS) is 17.1. The van der Waals surface area contributed by atoms with Crippen molar-refractivity contribution in [1.82, 2.24) is 15.1 Å². The van der Waals surface area contributed by atoms with Gasteiger partial charge in [-0.1, -0.05) is 47.6 Å². The van der Waals surface area contributed by atoms with E-state index in [0.717, 1.165) is 34.7 Å². The van der Waals surface area contributed by atoms with Crippen LogP contribution >= 0.6 is 0 Å². The van der Waals surface area contributed by atoms with Gasteiger partial charge in [0.25, 0.3) is 0 Å². The number of nitrogens with zero attached hydrogens (tertiary/aromatic N) is 4. The van der Waals surface area contributed by atoms with Crippen LogP contribution in [0.2, 0.25) is 0 Å². The quantitative estimate of drug-likeness (QED) is 0.302. The van der Waals surface area contributed by atoms with E-state index >= 15 is 0 Å². The number of aryl methyl sites for hydroxylation is 1. The molecule has 2 aromatic heterocycles. The Morgan fingerprint density at radius 1 is 1.08 bits per heavy atom. The molecule has 0 aliphatic carbocycles. The lowest BCUT2D eigenvalue weighted by atomic mass is 9.90. The lowest BCUT2D eigenvalue weighted by Crippen LogP contribution is -2.27. The van der Waals surface area contributed by atoms with Gasteiger partial charge in [-0.2, -0.15) is 0 Å². The predicted octanol–water partition coefficient (Wildman–Crippen LogP) is 4.88. The lowest BCUT2D eigenvalue weighted by molar-refractivity contribution is -0.148. The van der Waals surface area contributed by atoms with E-state index in [1.54, 1.807) is 6.20 Å². The number of carbonyl (C=O) groups excluding carboxylic acids is 1. The van der Waals surface area contributed by atoms with Crippen molar-refractivity contribution in [2.75, 3.05) is 24.6 Å². The number of esters is 1. The summed E-state index contributed by atoms with van der Waals surface area (Å²) in [6.45, 7) is 5.71. The van der Waals surface area contributed by atoms with Crippen molar-refractivity contribution in [3.63, 3.8) is 0 Å². The number of hydrogen-bond donors (Lipinski definition) is 0. The monoisotopic (exact) mass is 498 g/mol. The maximum Gasteiger partial charge on any atom is 0.311 e. The molecule has 1 aliphatic heterocycles. The van der Waals surface area contributed by atoms with Crippen molar-refractivity contribution in [1.29, 1.82) is 0 Å². The minimum absolute atomic E-state index is 0.0986. The summed E-state index contributed by atoms with van der Waals surface area (Å²) in [5, 5.41) is 4.11. The van der Waals surface area contributed by atoms with Gasteiger partial charge in [0.05, 0.1) is 12.5 Å². The Morgan fingerprint density at radius 2 is 1.89 bits per heavy atom. The molecule has 1 saturated heterocycles. The number of rotatable bonds is 9. The highest BCUT2D eigenvalue weighted by Crippen LogP contribution is 2.31. The van der Waals surface area contributed by atoms with E-state index in [0.29, 0.717) is 38.0 Å². The average Bonchev–Trinajstić information content (AvgIpc) is 3.57. The summed E-state index contributed by atoms with van der Waals surface area (Å²) in [6.07, 6.45) is 2.50. The molecule has 4 aromatic rings. The number of carbonyl (C=O) groups is 1. The molecule has 1 aliphatic rings. The van der Waals surface area contributed by atoms with Crippen molar-refractivity contribution >= 4 is 11.9 Å². The Morgan fingerprint density at radius 3 is 2.65 bits per heavy atom. The molecule has 0 saturated carbocycles. The third kappa shape index (κ3) is 5.97. The molecular weight excluding hydrogens is 468 g/mol. The van der Waals surface area contributed by atoms with E-state index in [4.69, 9.17) is 14.0 Å². The largest absolute Gasteiger partial charge is 0.487 e. The van der Waals surface area contributed by atoms with Crippen LogP contribution in [0.1, 0.15) is 23.9 Å². The Kier molecular flexibility index (Phi) is 7.44. The van der Waals surface area contributed by atoms with E-state index in [9.17, 15) is 4.79 Å². The topological polar surface area (TPSA) is 90.6 Å². The molecule has 8 heteroatoms. The molecule has 190 valence electrons. The van der Waals surface area contributed by atoms with Gasteiger partial charge in [-0.3, -0.25) is 4.79 Å². The van der Waals surface area contributed by atoms with Crippen LogP contribution in [0.25, 0.3) is 11.3 Å². The van der Waals surface area contributed by atoms with Crippen LogP contribution in [0.5, 0.6) is 5.75 Å². The first-order chi connectivity index (χ1) is 18.1. The molecule has 1 fully saturated rings. The number of hydrogen-bond acceptors (Lipinski definition) is 8. The highest BCUT2D eigenvalue weighted by Gasteiger charge is 2.39. The van der Waals surface area contributed by atoms with Gasteiger partial charge < -0.3 is 18.9 Å². The van der Waals surface area contributed by atoms with E-state index in [1.807, 2.05) is 80.6 Å². The first-order valence-electron chi connectivity index (χ1n) is 12.5. The Balaban J connectivity index is 1.21. The molecule has 5 rings (SSSR count). The van der Waals surface area contributed by atoms with Gasteiger partial charge in [0, 0.05) is 36.6 Å². The van der Waals surface area contributed by atoms with Crippen molar-refractivity contribution in [2.45, 2.75) is 26.9 Å². The average molecular weight is 499 g/mol. The zero-order chi connectivity index (χ0) is 25.6. The number of anilines is 1. The second kappa shape index (κ2) is 11.2. The van der Waals surface area contributed by atoms with E-state index in [1.165, 1.54) is 0 Å². The summed E-state index contributed by atoms with van der Waals surface area (Å²) >= 11 is 0. The van der Waals surface area contributed by atoms with Crippen molar-refractivity contribution in [3.05, 3.63) is 89.9 Å². The Hall–Kier alpha value is -4.20. The summed E-state index contributed by atoms with van der Waals surface area (Å²) in [4.78, 5) is 23.8. The molecule has 2 atom stereocenters. The van der Waals surface area contributed by atoms with Crippen LogP contribution in [-0.2, 0) is 22.6 Å². The van der Waals surface area contributed by atoms with Gasteiger partial charge in [0.2, 0.25) is 5.95 Å². The number of aromatic nitrogens is 3. The molecule has 0 bridgehead atoms. The zero-order valence-corrected chi connectivity index (χ0v) is 21.0. The molecule has 2 aromatic carbocycles. The SMILES string of the molecule is CCOC(=O)[C@H]1CN(c2nccc(C)n2)C[C@H]1Cc1ccc(OCc2cc(-c3ccccc3)on2)cc1. The molecule has 0 radical (unpaired) electrons. The first kappa shape index (κ1) is 24.5. The third-order valence-corrected chi connectivity index (χ3v) is 6.52. The summed E-state index contributed by atoms with van der Waals surface area (Å²) in [6, 6.07) is 21.6. The van der Waals surface area contributed by atoms with E-state index in [-0.39, 0.29) is 17.8 Å². The van der Waals surface area contributed by atoms with Crippen LogP contribution in [0.15, 0.2) is 77.4 Å². The fourth-order valence-electron chi connectivity index (χ4n) is 4.65. The maximum absolute atomic E-state index is 12.7. The standard InChI is InChI=1S/C29H30N4O4/c1-3-35-28(34)26-18-33(29-30-14-13-20(2)31-29)17-23(26)15-21-9-11-25(12-10-21)36-19-24-16-27(37-32-24)22-7-5-4-6-8-22/h4-14,16,23,26H,3,15,17-19H2,1-2H3/t23-,26+/m1/s1. The number of benzene rings is 2. The van der Waals surface area contributed by atoms with Gasteiger partial charge in [-0.05, 0) is 49.9 Å². The Bertz CT molecular complexity index is 1320. The van der Waals surface area contributed by atoms with Crippen molar-refractivity contribution in [2.24, 2.45) is 11.8 Å². The molecule has 0 spiro atoms. The van der Waals surface area contributed by atoms with Gasteiger partial charge in [0.1, 0.15) is 18.1 Å². The highest BCUT2D eigenvalue weighted by molar-refractivity contribution is 5.74. The zero-order valence-electron chi connectivity index (χ0n) is 21.0. The Labute approximate surface area is 216 Å². The van der Waals surface area contributed by atoms with Gasteiger partial charge in [-0.25, -0.2) is 9.97 Å². The highest BCUT2D eigenvalue weighted by atomic mass is 16.5.